The first kappa shape index (κ1) is 34.1. The highest BCUT2D eigenvalue weighted by molar-refractivity contribution is 5.26. The van der Waals surface area contributed by atoms with Gasteiger partial charge in [0.1, 0.15) is 23.3 Å². The number of nitrogens with two attached hydrogens (primary N) is 4. The first-order valence-corrected chi connectivity index (χ1v) is 15.8. The Morgan fingerprint density at radius 3 is 1.59 bits per heavy atom. The molecule has 0 saturated heterocycles. The number of aromatic nitrogens is 10. The minimum absolute atomic E-state index is 0.162. The zero-order chi connectivity index (χ0) is 31.7. The number of rotatable bonds is 17. The molecule has 14 nitrogen and oxygen atoms in total. The third kappa shape index (κ3) is 12.1. The summed E-state index contributed by atoms with van der Waals surface area (Å²) in [5.74, 6) is 4.09. The van der Waals surface area contributed by atoms with Crippen molar-refractivity contribution in [3.63, 3.8) is 0 Å². The monoisotopic (exact) mass is 606 g/mol. The van der Waals surface area contributed by atoms with Gasteiger partial charge in [-0.1, -0.05) is 65.2 Å². The van der Waals surface area contributed by atoms with E-state index in [0.29, 0.717) is 24.5 Å². The van der Waals surface area contributed by atoms with E-state index in [-0.39, 0.29) is 23.8 Å². The number of hydrogen-bond donors (Lipinski definition) is 4. The maximum atomic E-state index is 5.62. The van der Waals surface area contributed by atoms with Crippen LogP contribution in [0.25, 0.3) is 0 Å². The third-order valence-electron chi connectivity index (χ3n) is 7.19. The van der Waals surface area contributed by atoms with Gasteiger partial charge in [-0.05, 0) is 13.3 Å². The summed E-state index contributed by atoms with van der Waals surface area (Å²) in [6.45, 7) is 7.85. The Labute approximate surface area is 260 Å². The minimum atomic E-state index is 0.162. The average Bonchev–Trinajstić information content (AvgIpc) is 3.58. The lowest BCUT2D eigenvalue weighted by Gasteiger charge is -2.08. The number of hydrogen-bond acceptors (Lipinski definition) is 12. The summed E-state index contributed by atoms with van der Waals surface area (Å²) in [5.41, 5.74) is 23.3. The van der Waals surface area contributed by atoms with E-state index in [9.17, 15) is 0 Å². The van der Waals surface area contributed by atoms with Gasteiger partial charge in [0, 0.05) is 57.4 Å². The number of nitrogen functional groups attached to an aromatic ring is 4. The zero-order valence-corrected chi connectivity index (χ0v) is 26.6. The van der Waals surface area contributed by atoms with Crippen LogP contribution < -0.4 is 22.9 Å². The number of aryl methyl sites for hydroxylation is 7. The molecule has 0 aromatic carbocycles. The standard InChI is InChI=1S/C19H33N7.C11H17N7/c1-2-3-4-5-6-7-8-9-10-11-17-22-13-15-26(17)14-12-16-23-18(20)25-19(21)24-16;1-3-9-14-7(2)6-18(9)5-4-8-15-10(12)17-11(13)16-8/h13,15H,2-12,14H2,1H3,(H4,20,21,23,24,25);6H,3-5H2,1-2H3,(H4,12,13,15,16,17). The lowest BCUT2D eigenvalue weighted by molar-refractivity contribution is 0.553. The van der Waals surface area contributed by atoms with E-state index in [2.05, 4.69) is 62.9 Å². The van der Waals surface area contributed by atoms with E-state index < -0.39 is 0 Å². The zero-order valence-electron chi connectivity index (χ0n) is 26.6. The van der Waals surface area contributed by atoms with E-state index in [4.69, 9.17) is 22.9 Å². The van der Waals surface area contributed by atoms with Gasteiger partial charge in [0.15, 0.2) is 0 Å². The predicted octanol–water partition coefficient (Wildman–Crippen LogP) is 3.89. The Balaban J connectivity index is 0.000000257. The molecule has 0 atom stereocenters. The van der Waals surface area contributed by atoms with Crippen LogP contribution in [0.1, 0.15) is 101 Å². The molecule has 14 heteroatoms. The summed E-state index contributed by atoms with van der Waals surface area (Å²) < 4.78 is 4.27. The summed E-state index contributed by atoms with van der Waals surface area (Å²) in [7, 11) is 0. The lowest BCUT2D eigenvalue weighted by Crippen LogP contribution is -2.11. The Bertz CT molecular complexity index is 1360. The molecule has 44 heavy (non-hydrogen) atoms. The van der Waals surface area contributed by atoms with Crippen LogP contribution in [0, 0.1) is 6.92 Å². The van der Waals surface area contributed by atoms with Crippen molar-refractivity contribution in [3.05, 3.63) is 47.6 Å². The molecule has 0 fully saturated rings. The van der Waals surface area contributed by atoms with Crippen molar-refractivity contribution in [1.82, 2.24) is 49.0 Å². The van der Waals surface area contributed by atoms with E-state index in [1.54, 1.807) is 0 Å². The second-order valence-electron chi connectivity index (χ2n) is 10.9. The van der Waals surface area contributed by atoms with E-state index in [1.807, 2.05) is 25.5 Å². The molecule has 8 N–H and O–H groups in total. The Morgan fingerprint density at radius 1 is 0.568 bits per heavy atom. The normalized spacial score (nSPS) is 11.0. The molecule has 4 rings (SSSR count). The molecule has 0 aliphatic rings. The number of anilines is 4. The fraction of sp³-hybridized carbons (Fsp3) is 0.600. The van der Waals surface area contributed by atoms with Gasteiger partial charge >= 0.3 is 0 Å². The first-order chi connectivity index (χ1) is 21.3. The fourth-order valence-electron chi connectivity index (χ4n) is 5.02. The van der Waals surface area contributed by atoms with Crippen LogP contribution in [0.2, 0.25) is 0 Å². The maximum absolute atomic E-state index is 5.62. The topological polar surface area (TPSA) is 217 Å². The van der Waals surface area contributed by atoms with Crippen molar-refractivity contribution in [1.29, 1.82) is 0 Å². The van der Waals surface area contributed by atoms with Gasteiger partial charge < -0.3 is 32.1 Å². The highest BCUT2D eigenvalue weighted by atomic mass is 15.2. The molecule has 240 valence electrons. The molecule has 0 aliphatic heterocycles. The van der Waals surface area contributed by atoms with Crippen molar-refractivity contribution in [2.24, 2.45) is 0 Å². The summed E-state index contributed by atoms with van der Waals surface area (Å²) >= 11 is 0. The Hall–Kier alpha value is -4.36. The second-order valence-corrected chi connectivity index (χ2v) is 10.9. The summed E-state index contributed by atoms with van der Waals surface area (Å²) in [6.07, 6.45) is 21.2. The molecule has 4 heterocycles. The predicted molar refractivity (Wildman–Crippen MR) is 174 cm³/mol. The van der Waals surface area contributed by atoms with Gasteiger partial charge in [-0.15, -0.1) is 0 Å². The number of nitrogens with zero attached hydrogens (tertiary/aromatic N) is 10. The lowest BCUT2D eigenvalue weighted by atomic mass is 10.1. The van der Waals surface area contributed by atoms with Gasteiger partial charge in [0.25, 0.3) is 0 Å². The van der Waals surface area contributed by atoms with Crippen LogP contribution in [0.3, 0.4) is 0 Å². The van der Waals surface area contributed by atoms with Crippen LogP contribution in [-0.2, 0) is 38.8 Å². The highest BCUT2D eigenvalue weighted by Gasteiger charge is 2.08. The molecular formula is C30H50N14. The van der Waals surface area contributed by atoms with Gasteiger partial charge in [-0.2, -0.15) is 29.9 Å². The Morgan fingerprint density at radius 2 is 1.07 bits per heavy atom. The molecule has 0 unspecified atom stereocenters. The van der Waals surface area contributed by atoms with E-state index >= 15 is 0 Å². The van der Waals surface area contributed by atoms with Gasteiger partial charge in [0.05, 0.1) is 5.69 Å². The third-order valence-corrected chi connectivity index (χ3v) is 7.19. The van der Waals surface area contributed by atoms with Crippen LogP contribution in [0.5, 0.6) is 0 Å². The summed E-state index contributed by atoms with van der Waals surface area (Å²) in [6, 6.07) is 0. The van der Waals surface area contributed by atoms with Crippen molar-refractivity contribution in [3.8, 4) is 0 Å². The molecule has 0 saturated carbocycles. The quantitative estimate of drug-likeness (QED) is 0.126. The van der Waals surface area contributed by atoms with E-state index in [0.717, 1.165) is 43.3 Å². The molecule has 4 aromatic heterocycles. The molecular weight excluding hydrogens is 556 g/mol. The molecule has 0 radical (unpaired) electrons. The van der Waals surface area contributed by atoms with Crippen LogP contribution >= 0.6 is 0 Å². The van der Waals surface area contributed by atoms with Gasteiger partial charge in [-0.3, -0.25) is 0 Å². The van der Waals surface area contributed by atoms with Crippen molar-refractivity contribution < 1.29 is 0 Å². The SMILES string of the molecule is CCCCCCCCCCCc1nccn1CCc1nc(N)nc(N)n1.CCc1nc(C)cn1CCc1nc(N)nc(N)n1. The van der Waals surface area contributed by atoms with E-state index in [1.165, 1.54) is 57.8 Å². The largest absolute Gasteiger partial charge is 0.368 e. The minimum Gasteiger partial charge on any atom is -0.368 e. The van der Waals surface area contributed by atoms with Crippen LogP contribution in [0.4, 0.5) is 23.8 Å². The smallest absolute Gasteiger partial charge is 0.225 e. The van der Waals surface area contributed by atoms with Gasteiger partial charge in [0.2, 0.25) is 23.8 Å². The van der Waals surface area contributed by atoms with Gasteiger partial charge in [-0.25, -0.2) is 9.97 Å². The maximum Gasteiger partial charge on any atom is 0.225 e. The van der Waals surface area contributed by atoms with Crippen molar-refractivity contribution in [2.75, 3.05) is 22.9 Å². The number of imidazole rings is 2. The van der Waals surface area contributed by atoms with Crippen LogP contribution in [0.15, 0.2) is 18.6 Å². The molecule has 0 spiro atoms. The van der Waals surface area contributed by atoms with Crippen LogP contribution in [-0.4, -0.2) is 49.0 Å². The molecule has 0 bridgehead atoms. The summed E-state index contributed by atoms with van der Waals surface area (Å²) in [5, 5.41) is 0. The Kier molecular flexibility index (Phi) is 14.2. The second kappa shape index (κ2) is 18.3. The fourth-order valence-corrected chi connectivity index (χ4v) is 5.02. The molecule has 0 amide bonds. The first-order valence-electron chi connectivity index (χ1n) is 15.8. The highest BCUT2D eigenvalue weighted by Crippen LogP contribution is 2.12. The summed E-state index contributed by atoms with van der Waals surface area (Å²) in [4.78, 5) is 32.8. The van der Waals surface area contributed by atoms with Crippen molar-refractivity contribution in [2.45, 2.75) is 117 Å². The molecule has 4 aromatic rings. The average molecular weight is 607 g/mol. The molecule has 0 aliphatic carbocycles. The van der Waals surface area contributed by atoms with Crippen molar-refractivity contribution >= 4 is 23.8 Å². The number of unbranched alkanes of at least 4 members (excludes halogenated alkanes) is 8.